The van der Waals surface area contributed by atoms with Gasteiger partial charge in [0, 0.05) is 11.8 Å². The lowest BCUT2D eigenvalue weighted by Crippen LogP contribution is -2.17. The Labute approximate surface area is 127 Å². The highest BCUT2D eigenvalue weighted by molar-refractivity contribution is 7.90. The lowest BCUT2D eigenvalue weighted by molar-refractivity contribution is 0.0955. The number of nitrogens with one attached hydrogen (secondary N) is 1. The van der Waals surface area contributed by atoms with Crippen molar-refractivity contribution in [2.75, 3.05) is 6.26 Å². The number of halogens is 1. The molecule has 0 bridgehead atoms. The normalized spacial score (nSPS) is 11.5. The Balaban J connectivity index is 2.02. The maximum atomic E-state index is 12.7. The van der Waals surface area contributed by atoms with E-state index in [0.29, 0.717) is 5.56 Å². The molecule has 0 atom stereocenters. The van der Waals surface area contributed by atoms with Gasteiger partial charge in [0.25, 0.3) is 5.91 Å². The van der Waals surface area contributed by atoms with Gasteiger partial charge in [-0.3, -0.25) is 4.79 Å². The van der Waals surface area contributed by atoms with Gasteiger partial charge in [-0.1, -0.05) is 12.1 Å². The summed E-state index contributed by atoms with van der Waals surface area (Å²) in [5.74, 6) is -0.828. The summed E-state index contributed by atoms with van der Waals surface area (Å²) >= 11 is 0. The standard InChI is InChI=1S/C15H13FN2O3S/c1-22(20,21)14-8-4-12(5-9-14)15(19)18-17-10-11-2-6-13(16)7-3-11/h2-10H,1H3,(H,18,19)/b17-10+. The highest BCUT2D eigenvalue weighted by Crippen LogP contribution is 2.10. The summed E-state index contributed by atoms with van der Waals surface area (Å²) in [5, 5.41) is 3.75. The second-order valence-corrected chi connectivity index (χ2v) is 6.56. The summed E-state index contributed by atoms with van der Waals surface area (Å²) < 4.78 is 35.4. The minimum atomic E-state index is -3.29. The molecule has 0 radical (unpaired) electrons. The summed E-state index contributed by atoms with van der Waals surface area (Å²) in [5.41, 5.74) is 3.22. The molecule has 2 rings (SSSR count). The molecule has 0 fully saturated rings. The van der Waals surface area contributed by atoms with E-state index in [1.807, 2.05) is 0 Å². The topological polar surface area (TPSA) is 75.6 Å². The molecule has 0 aliphatic carbocycles. The average Bonchev–Trinajstić information content (AvgIpc) is 2.48. The van der Waals surface area contributed by atoms with Gasteiger partial charge in [-0.05, 0) is 42.0 Å². The Bertz CT molecular complexity index is 798. The van der Waals surface area contributed by atoms with Crippen molar-refractivity contribution in [2.24, 2.45) is 5.10 Å². The van der Waals surface area contributed by atoms with Gasteiger partial charge in [0.1, 0.15) is 5.82 Å². The molecule has 1 N–H and O–H groups in total. The molecule has 114 valence electrons. The number of hydrogen-bond acceptors (Lipinski definition) is 4. The maximum absolute atomic E-state index is 12.7. The number of carbonyl (C=O) groups is 1. The van der Waals surface area contributed by atoms with Crippen molar-refractivity contribution in [2.45, 2.75) is 4.90 Å². The van der Waals surface area contributed by atoms with Crippen LogP contribution in [-0.4, -0.2) is 26.8 Å². The first-order valence-corrected chi connectivity index (χ1v) is 8.14. The van der Waals surface area contributed by atoms with Crippen LogP contribution in [0.3, 0.4) is 0 Å². The van der Waals surface area contributed by atoms with Crippen molar-refractivity contribution in [3.8, 4) is 0 Å². The SMILES string of the molecule is CS(=O)(=O)c1ccc(C(=O)N/N=C/c2ccc(F)cc2)cc1. The van der Waals surface area contributed by atoms with Crippen LogP contribution in [0.5, 0.6) is 0 Å². The van der Waals surface area contributed by atoms with Gasteiger partial charge in [0.15, 0.2) is 9.84 Å². The first-order valence-electron chi connectivity index (χ1n) is 6.25. The van der Waals surface area contributed by atoms with Crippen molar-refractivity contribution >= 4 is 22.0 Å². The lowest BCUT2D eigenvalue weighted by Gasteiger charge is -2.02. The highest BCUT2D eigenvalue weighted by Gasteiger charge is 2.09. The second-order valence-electron chi connectivity index (χ2n) is 4.55. The minimum Gasteiger partial charge on any atom is -0.267 e. The number of rotatable bonds is 4. The van der Waals surface area contributed by atoms with Crippen LogP contribution < -0.4 is 5.43 Å². The zero-order valence-corrected chi connectivity index (χ0v) is 12.5. The minimum absolute atomic E-state index is 0.138. The second kappa shape index (κ2) is 6.48. The Hall–Kier alpha value is -2.54. The molecule has 2 aromatic rings. The molecule has 5 nitrogen and oxygen atoms in total. The number of hydrazone groups is 1. The molecule has 22 heavy (non-hydrogen) atoms. The molecule has 1 amide bonds. The van der Waals surface area contributed by atoms with Gasteiger partial charge >= 0.3 is 0 Å². The third-order valence-electron chi connectivity index (χ3n) is 2.79. The number of benzene rings is 2. The summed E-state index contributed by atoms with van der Waals surface area (Å²) in [4.78, 5) is 12.0. The van der Waals surface area contributed by atoms with Crippen LogP contribution >= 0.6 is 0 Å². The van der Waals surface area contributed by atoms with Gasteiger partial charge in [-0.15, -0.1) is 0 Å². The van der Waals surface area contributed by atoms with Crippen molar-refractivity contribution in [3.05, 3.63) is 65.5 Å². The molecule has 0 aliphatic heterocycles. The first kappa shape index (κ1) is 15.8. The fraction of sp³-hybridized carbons (Fsp3) is 0.0667. The van der Waals surface area contributed by atoms with Crippen LogP contribution in [0.25, 0.3) is 0 Å². The Kier molecular flexibility index (Phi) is 4.67. The van der Waals surface area contributed by atoms with Gasteiger partial charge in [0.2, 0.25) is 0 Å². The van der Waals surface area contributed by atoms with Crippen molar-refractivity contribution in [3.63, 3.8) is 0 Å². The quantitative estimate of drug-likeness (QED) is 0.691. The summed E-state index contributed by atoms with van der Waals surface area (Å²) in [6, 6.07) is 11.1. The van der Waals surface area contributed by atoms with Crippen molar-refractivity contribution in [1.29, 1.82) is 0 Å². The number of amides is 1. The first-order chi connectivity index (χ1) is 10.4. The van der Waals surface area contributed by atoms with E-state index in [4.69, 9.17) is 0 Å². The molecule has 0 heterocycles. The molecule has 0 spiro atoms. The summed E-state index contributed by atoms with van der Waals surface area (Å²) in [6.45, 7) is 0. The van der Waals surface area contributed by atoms with Crippen LogP contribution in [0.4, 0.5) is 4.39 Å². The molecule has 0 aliphatic rings. The van der Waals surface area contributed by atoms with Crippen molar-refractivity contribution < 1.29 is 17.6 Å². The molecule has 0 unspecified atom stereocenters. The number of carbonyl (C=O) groups excluding carboxylic acids is 1. The number of nitrogens with zero attached hydrogens (tertiary/aromatic N) is 1. The van der Waals surface area contributed by atoms with Crippen LogP contribution in [0.1, 0.15) is 15.9 Å². The Morgan fingerprint density at radius 3 is 2.23 bits per heavy atom. The zero-order valence-electron chi connectivity index (χ0n) is 11.7. The molecular formula is C15H13FN2O3S. The number of sulfone groups is 1. The van der Waals surface area contributed by atoms with E-state index in [0.717, 1.165) is 6.26 Å². The molecule has 0 saturated carbocycles. The maximum Gasteiger partial charge on any atom is 0.271 e. The van der Waals surface area contributed by atoms with Crippen LogP contribution in [0, 0.1) is 5.82 Å². The van der Waals surface area contributed by atoms with Gasteiger partial charge in [0.05, 0.1) is 11.1 Å². The van der Waals surface area contributed by atoms with Gasteiger partial charge < -0.3 is 0 Å². The smallest absolute Gasteiger partial charge is 0.267 e. The summed E-state index contributed by atoms with van der Waals surface area (Å²) in [6.07, 6.45) is 2.47. The van der Waals surface area contributed by atoms with E-state index >= 15 is 0 Å². The summed E-state index contributed by atoms with van der Waals surface area (Å²) in [7, 11) is -3.29. The third-order valence-corrected chi connectivity index (χ3v) is 3.92. The third kappa shape index (κ3) is 4.23. The number of hydrogen-bond donors (Lipinski definition) is 1. The van der Waals surface area contributed by atoms with E-state index in [1.54, 1.807) is 0 Å². The molecule has 7 heteroatoms. The van der Waals surface area contributed by atoms with E-state index in [2.05, 4.69) is 10.5 Å². The lowest BCUT2D eigenvalue weighted by atomic mass is 10.2. The van der Waals surface area contributed by atoms with Crippen molar-refractivity contribution in [1.82, 2.24) is 5.43 Å². The highest BCUT2D eigenvalue weighted by atomic mass is 32.2. The Morgan fingerprint density at radius 1 is 1.09 bits per heavy atom. The fourth-order valence-electron chi connectivity index (χ4n) is 1.63. The zero-order chi connectivity index (χ0) is 16.2. The monoisotopic (exact) mass is 320 g/mol. The predicted octanol–water partition coefficient (Wildman–Crippen LogP) is 1.99. The molecule has 0 aromatic heterocycles. The van der Waals surface area contributed by atoms with Gasteiger partial charge in [-0.25, -0.2) is 18.2 Å². The van der Waals surface area contributed by atoms with Crippen LogP contribution in [0.2, 0.25) is 0 Å². The van der Waals surface area contributed by atoms with Gasteiger partial charge in [-0.2, -0.15) is 5.10 Å². The molecular weight excluding hydrogens is 307 g/mol. The largest absolute Gasteiger partial charge is 0.271 e. The molecule has 2 aromatic carbocycles. The molecule has 0 saturated heterocycles. The average molecular weight is 320 g/mol. The van der Waals surface area contributed by atoms with E-state index in [9.17, 15) is 17.6 Å². The van der Waals surface area contributed by atoms with Crippen LogP contribution in [0.15, 0.2) is 58.5 Å². The van der Waals surface area contributed by atoms with E-state index in [-0.39, 0.29) is 16.3 Å². The van der Waals surface area contributed by atoms with Crippen LogP contribution in [-0.2, 0) is 9.84 Å². The van der Waals surface area contributed by atoms with E-state index in [1.165, 1.54) is 54.7 Å². The Morgan fingerprint density at radius 2 is 1.68 bits per heavy atom. The predicted molar refractivity (Wildman–Crippen MR) is 81.0 cm³/mol. The van der Waals surface area contributed by atoms with E-state index < -0.39 is 15.7 Å². The fourth-order valence-corrected chi connectivity index (χ4v) is 2.26.